The maximum absolute atomic E-state index is 13.8. The summed E-state index contributed by atoms with van der Waals surface area (Å²) >= 11 is 0. The topological polar surface area (TPSA) is 57.6 Å². The number of aliphatic hydroxyl groups is 1. The summed E-state index contributed by atoms with van der Waals surface area (Å²) in [7, 11) is -3.84. The fourth-order valence-corrected chi connectivity index (χ4v) is 3.80. The van der Waals surface area contributed by atoms with Crippen LogP contribution in [0.2, 0.25) is 0 Å². The van der Waals surface area contributed by atoms with Gasteiger partial charge in [0.15, 0.2) is 0 Å². The predicted molar refractivity (Wildman–Crippen MR) is 76.3 cm³/mol. The predicted octanol–water partition coefficient (Wildman–Crippen LogP) is 2.21. The third kappa shape index (κ3) is 3.26. The standard InChI is InChI=1S/C14H20FNO3S/c1-5-6-16(10(2)3)20(18,19)14-8-12(9-17)7-13(15)11(14)4/h5,7-8,10,17H,1,6,9H2,2-4H3. The Bertz CT molecular complexity index is 597. The smallest absolute Gasteiger partial charge is 0.243 e. The highest BCUT2D eigenvalue weighted by Gasteiger charge is 2.28. The third-order valence-corrected chi connectivity index (χ3v) is 5.18. The van der Waals surface area contributed by atoms with E-state index in [1.54, 1.807) is 13.8 Å². The number of aliphatic hydroxyl groups excluding tert-OH is 1. The monoisotopic (exact) mass is 301 g/mol. The summed E-state index contributed by atoms with van der Waals surface area (Å²) in [6.45, 7) is 8.16. The van der Waals surface area contributed by atoms with Gasteiger partial charge in [-0.25, -0.2) is 12.8 Å². The fraction of sp³-hybridized carbons (Fsp3) is 0.429. The van der Waals surface area contributed by atoms with E-state index in [0.29, 0.717) is 0 Å². The average Bonchev–Trinajstić information content (AvgIpc) is 2.37. The van der Waals surface area contributed by atoms with Gasteiger partial charge in [0.25, 0.3) is 0 Å². The first-order valence-corrected chi connectivity index (χ1v) is 7.72. The summed E-state index contributed by atoms with van der Waals surface area (Å²) in [5.74, 6) is -0.641. The van der Waals surface area contributed by atoms with Gasteiger partial charge in [0.05, 0.1) is 11.5 Å². The van der Waals surface area contributed by atoms with Crippen LogP contribution in [0.15, 0.2) is 29.7 Å². The Labute approximate surface area is 119 Å². The van der Waals surface area contributed by atoms with E-state index in [2.05, 4.69) is 6.58 Å². The highest BCUT2D eigenvalue weighted by molar-refractivity contribution is 7.89. The van der Waals surface area contributed by atoms with Crippen LogP contribution in [-0.2, 0) is 16.6 Å². The molecule has 0 aromatic heterocycles. The van der Waals surface area contributed by atoms with Crippen LogP contribution in [-0.4, -0.2) is 30.4 Å². The van der Waals surface area contributed by atoms with Crippen LogP contribution in [0.3, 0.4) is 0 Å². The van der Waals surface area contributed by atoms with Gasteiger partial charge in [-0.1, -0.05) is 6.08 Å². The van der Waals surface area contributed by atoms with Crippen molar-refractivity contribution in [1.82, 2.24) is 4.31 Å². The molecule has 1 aromatic rings. The zero-order valence-corrected chi connectivity index (χ0v) is 12.7. The number of halogens is 1. The molecule has 0 aliphatic heterocycles. The summed E-state index contributed by atoms with van der Waals surface area (Å²) in [4.78, 5) is -0.114. The van der Waals surface area contributed by atoms with Gasteiger partial charge in [-0.3, -0.25) is 0 Å². The molecule has 1 rings (SSSR count). The van der Waals surface area contributed by atoms with E-state index >= 15 is 0 Å². The first kappa shape index (κ1) is 16.8. The molecule has 0 atom stereocenters. The minimum Gasteiger partial charge on any atom is -0.392 e. The van der Waals surface area contributed by atoms with E-state index in [-0.39, 0.29) is 28.6 Å². The molecule has 20 heavy (non-hydrogen) atoms. The molecule has 0 saturated heterocycles. The van der Waals surface area contributed by atoms with Crippen molar-refractivity contribution in [3.05, 3.63) is 41.7 Å². The summed E-state index contributed by atoms with van der Waals surface area (Å²) in [6.07, 6.45) is 1.49. The second-order valence-electron chi connectivity index (χ2n) is 4.82. The Morgan fingerprint density at radius 1 is 1.45 bits per heavy atom. The molecule has 0 saturated carbocycles. The van der Waals surface area contributed by atoms with E-state index in [0.717, 1.165) is 6.07 Å². The van der Waals surface area contributed by atoms with Crippen molar-refractivity contribution < 1.29 is 17.9 Å². The second-order valence-corrected chi connectivity index (χ2v) is 6.68. The lowest BCUT2D eigenvalue weighted by molar-refractivity contribution is 0.280. The van der Waals surface area contributed by atoms with Gasteiger partial charge in [0, 0.05) is 18.2 Å². The summed E-state index contributed by atoms with van der Waals surface area (Å²) in [5, 5.41) is 9.10. The lowest BCUT2D eigenvalue weighted by Gasteiger charge is -2.25. The SMILES string of the molecule is C=CCN(C(C)C)S(=O)(=O)c1cc(CO)cc(F)c1C. The van der Waals surface area contributed by atoms with E-state index in [1.807, 2.05) is 0 Å². The van der Waals surface area contributed by atoms with Crippen molar-refractivity contribution in [2.75, 3.05) is 6.54 Å². The molecule has 0 aliphatic carbocycles. The van der Waals surface area contributed by atoms with Gasteiger partial charge >= 0.3 is 0 Å². The van der Waals surface area contributed by atoms with E-state index in [9.17, 15) is 12.8 Å². The van der Waals surface area contributed by atoms with Crippen LogP contribution in [0.1, 0.15) is 25.0 Å². The molecule has 4 nitrogen and oxygen atoms in total. The first-order valence-electron chi connectivity index (χ1n) is 6.28. The van der Waals surface area contributed by atoms with Gasteiger partial charge in [0.2, 0.25) is 10.0 Å². The summed E-state index contributed by atoms with van der Waals surface area (Å²) in [6, 6.07) is 2.17. The molecule has 0 unspecified atom stereocenters. The molecular formula is C14H20FNO3S. The van der Waals surface area contributed by atoms with Crippen molar-refractivity contribution in [3.63, 3.8) is 0 Å². The van der Waals surface area contributed by atoms with Crippen molar-refractivity contribution in [3.8, 4) is 0 Å². The normalized spacial score (nSPS) is 12.2. The largest absolute Gasteiger partial charge is 0.392 e. The second kappa shape index (κ2) is 6.47. The molecule has 0 bridgehead atoms. The first-order chi connectivity index (χ1) is 9.25. The number of hydrogen-bond donors (Lipinski definition) is 1. The highest BCUT2D eigenvalue weighted by atomic mass is 32.2. The Balaban J connectivity index is 3.48. The van der Waals surface area contributed by atoms with Gasteiger partial charge in [-0.2, -0.15) is 4.31 Å². The Morgan fingerprint density at radius 2 is 2.05 bits per heavy atom. The molecule has 0 amide bonds. The Morgan fingerprint density at radius 3 is 2.50 bits per heavy atom. The van der Waals surface area contributed by atoms with Gasteiger partial charge in [0.1, 0.15) is 5.82 Å². The zero-order chi connectivity index (χ0) is 15.5. The van der Waals surface area contributed by atoms with Gasteiger partial charge < -0.3 is 5.11 Å². The van der Waals surface area contributed by atoms with E-state index < -0.39 is 22.4 Å². The molecule has 112 valence electrons. The van der Waals surface area contributed by atoms with E-state index in [1.165, 1.54) is 23.4 Å². The van der Waals surface area contributed by atoms with Crippen LogP contribution in [0.4, 0.5) is 4.39 Å². The fourth-order valence-electron chi connectivity index (χ4n) is 1.91. The Hall–Kier alpha value is -1.24. The van der Waals surface area contributed by atoms with Crippen LogP contribution in [0.25, 0.3) is 0 Å². The van der Waals surface area contributed by atoms with Crippen LogP contribution >= 0.6 is 0 Å². The molecule has 6 heteroatoms. The zero-order valence-electron chi connectivity index (χ0n) is 11.9. The molecule has 0 heterocycles. The van der Waals surface area contributed by atoms with Crippen LogP contribution in [0.5, 0.6) is 0 Å². The molecule has 0 fully saturated rings. The van der Waals surface area contributed by atoms with Gasteiger partial charge in [-0.05, 0) is 38.5 Å². The lowest BCUT2D eigenvalue weighted by Crippen LogP contribution is -2.37. The average molecular weight is 301 g/mol. The molecule has 0 spiro atoms. The minimum atomic E-state index is -3.84. The third-order valence-electron chi connectivity index (χ3n) is 3.01. The maximum atomic E-state index is 13.8. The minimum absolute atomic E-state index is 0.0527. The van der Waals surface area contributed by atoms with Crippen LogP contribution < -0.4 is 0 Å². The molecule has 0 aliphatic rings. The van der Waals surface area contributed by atoms with Crippen molar-refractivity contribution in [2.45, 2.75) is 38.3 Å². The van der Waals surface area contributed by atoms with Gasteiger partial charge in [-0.15, -0.1) is 6.58 Å². The van der Waals surface area contributed by atoms with Crippen LogP contribution in [0, 0.1) is 12.7 Å². The molecular weight excluding hydrogens is 281 g/mol. The quantitative estimate of drug-likeness (QED) is 0.820. The lowest BCUT2D eigenvalue weighted by atomic mass is 10.1. The number of rotatable bonds is 6. The van der Waals surface area contributed by atoms with Crippen molar-refractivity contribution in [1.29, 1.82) is 0 Å². The summed E-state index contributed by atoms with van der Waals surface area (Å²) in [5.41, 5.74) is 0.283. The van der Waals surface area contributed by atoms with Crippen molar-refractivity contribution >= 4 is 10.0 Å². The number of benzene rings is 1. The summed E-state index contributed by atoms with van der Waals surface area (Å²) < 4.78 is 40.3. The number of nitrogens with zero attached hydrogens (tertiary/aromatic N) is 1. The van der Waals surface area contributed by atoms with Crippen molar-refractivity contribution in [2.24, 2.45) is 0 Å². The molecule has 1 N–H and O–H groups in total. The maximum Gasteiger partial charge on any atom is 0.243 e. The van der Waals surface area contributed by atoms with E-state index in [4.69, 9.17) is 5.11 Å². The Kier molecular flexibility index (Phi) is 5.44. The number of sulfonamides is 1. The highest BCUT2D eigenvalue weighted by Crippen LogP contribution is 2.25. The molecule has 1 aromatic carbocycles. The number of hydrogen-bond acceptors (Lipinski definition) is 3. The molecule has 0 radical (unpaired) electrons.